The molecule has 1 heterocycles. The number of carbonyl (C=O) groups excluding carboxylic acids is 1. The molecule has 0 saturated carbocycles. The monoisotopic (exact) mass is 346 g/mol. The number of carbonyl (C=O) groups is 1. The van der Waals surface area contributed by atoms with Crippen molar-refractivity contribution in [2.75, 3.05) is 6.61 Å². The minimum atomic E-state index is -4.43. The smallest absolute Gasteiger partial charge is 0.396 e. The van der Waals surface area contributed by atoms with E-state index in [9.17, 15) is 18.0 Å². The lowest BCUT2D eigenvalue weighted by atomic mass is 10.0. The Bertz CT molecular complexity index is 619. The number of nitrogens with zero attached hydrogens (tertiary/aromatic N) is 1. The Kier molecular flexibility index (Phi) is 5.36. The maximum atomic E-state index is 12.9. The minimum absolute atomic E-state index is 0.0190. The summed E-state index contributed by atoms with van der Waals surface area (Å²) < 4.78 is 38.0. The number of aliphatic hydroxyl groups excluding tert-OH is 1. The molecule has 1 aromatic carbocycles. The molecule has 0 aromatic heterocycles. The SMILES string of the molecule is CC1(CCCO)SC(=NCc2ccccc2C(F)(F)F)NC1=O. The number of benzene rings is 1. The van der Waals surface area contributed by atoms with Crippen molar-refractivity contribution in [3.63, 3.8) is 0 Å². The summed E-state index contributed by atoms with van der Waals surface area (Å²) in [7, 11) is 0. The maximum Gasteiger partial charge on any atom is 0.416 e. The van der Waals surface area contributed by atoms with Gasteiger partial charge in [0.05, 0.1) is 16.9 Å². The number of amidine groups is 1. The third kappa shape index (κ3) is 4.26. The van der Waals surface area contributed by atoms with Crippen LogP contribution < -0.4 is 5.32 Å². The highest BCUT2D eigenvalue weighted by molar-refractivity contribution is 8.16. The predicted molar refractivity (Wildman–Crippen MR) is 83.0 cm³/mol. The molecule has 1 atom stereocenters. The largest absolute Gasteiger partial charge is 0.416 e. The molecule has 1 aliphatic heterocycles. The van der Waals surface area contributed by atoms with Gasteiger partial charge in [0.1, 0.15) is 0 Å². The summed E-state index contributed by atoms with van der Waals surface area (Å²) in [5.74, 6) is -0.237. The molecule has 1 amide bonds. The Balaban J connectivity index is 2.12. The number of rotatable bonds is 5. The third-order valence-corrected chi connectivity index (χ3v) is 4.81. The van der Waals surface area contributed by atoms with Gasteiger partial charge in [0.15, 0.2) is 5.17 Å². The van der Waals surface area contributed by atoms with Gasteiger partial charge in [-0.1, -0.05) is 30.0 Å². The van der Waals surface area contributed by atoms with Gasteiger partial charge in [-0.15, -0.1) is 0 Å². The van der Waals surface area contributed by atoms with E-state index >= 15 is 0 Å². The van der Waals surface area contributed by atoms with E-state index in [2.05, 4.69) is 10.3 Å². The van der Waals surface area contributed by atoms with Crippen LogP contribution in [-0.2, 0) is 17.5 Å². The van der Waals surface area contributed by atoms with Gasteiger partial charge in [-0.25, -0.2) is 0 Å². The van der Waals surface area contributed by atoms with Crippen LogP contribution in [0.1, 0.15) is 30.9 Å². The molecule has 0 radical (unpaired) electrons. The molecular weight excluding hydrogens is 329 g/mol. The average Bonchev–Trinajstić information content (AvgIpc) is 2.78. The Hall–Kier alpha value is -1.54. The van der Waals surface area contributed by atoms with Crippen molar-refractivity contribution in [2.24, 2.45) is 4.99 Å². The molecule has 0 spiro atoms. The van der Waals surface area contributed by atoms with Crippen LogP contribution in [0.2, 0.25) is 0 Å². The molecular formula is C15H17F3N2O2S. The number of nitrogens with one attached hydrogen (secondary N) is 1. The normalized spacial score (nSPS) is 23.3. The van der Waals surface area contributed by atoms with E-state index in [0.29, 0.717) is 18.0 Å². The molecule has 0 aliphatic carbocycles. The lowest BCUT2D eigenvalue weighted by molar-refractivity contribution is -0.138. The Morgan fingerprint density at radius 2 is 2.04 bits per heavy atom. The lowest BCUT2D eigenvalue weighted by Gasteiger charge is -2.17. The van der Waals surface area contributed by atoms with Crippen molar-refractivity contribution >= 4 is 22.8 Å². The van der Waals surface area contributed by atoms with Crippen molar-refractivity contribution in [1.29, 1.82) is 0 Å². The highest BCUT2D eigenvalue weighted by Crippen LogP contribution is 2.36. The Morgan fingerprint density at radius 1 is 1.35 bits per heavy atom. The number of aliphatic hydroxyl groups is 1. The summed E-state index contributed by atoms with van der Waals surface area (Å²) >= 11 is 1.19. The fraction of sp³-hybridized carbons (Fsp3) is 0.467. The van der Waals surface area contributed by atoms with Gasteiger partial charge in [0, 0.05) is 6.61 Å². The van der Waals surface area contributed by atoms with Gasteiger partial charge < -0.3 is 10.4 Å². The Morgan fingerprint density at radius 3 is 2.70 bits per heavy atom. The topological polar surface area (TPSA) is 61.7 Å². The summed E-state index contributed by atoms with van der Waals surface area (Å²) in [6.07, 6.45) is -3.49. The van der Waals surface area contributed by atoms with Crippen LogP contribution in [0, 0.1) is 0 Å². The van der Waals surface area contributed by atoms with Crippen LogP contribution in [0.4, 0.5) is 13.2 Å². The molecule has 2 rings (SSSR count). The highest BCUT2D eigenvalue weighted by Gasteiger charge is 2.41. The summed E-state index contributed by atoms with van der Waals surface area (Å²) in [4.78, 5) is 16.1. The van der Waals surface area contributed by atoms with Crippen LogP contribution in [-0.4, -0.2) is 27.5 Å². The van der Waals surface area contributed by atoms with Crippen LogP contribution in [0.15, 0.2) is 29.3 Å². The molecule has 1 fully saturated rings. The van der Waals surface area contributed by atoms with Crippen LogP contribution >= 0.6 is 11.8 Å². The fourth-order valence-corrected chi connectivity index (χ4v) is 3.35. The number of aliphatic imine (C=N–C) groups is 1. The van der Waals surface area contributed by atoms with Gasteiger partial charge in [-0.2, -0.15) is 13.2 Å². The van der Waals surface area contributed by atoms with Crippen LogP contribution in [0.5, 0.6) is 0 Å². The number of alkyl halides is 3. The van der Waals surface area contributed by atoms with Crippen molar-refractivity contribution in [3.05, 3.63) is 35.4 Å². The van der Waals surface area contributed by atoms with E-state index in [1.54, 1.807) is 6.92 Å². The molecule has 4 nitrogen and oxygen atoms in total. The molecule has 2 N–H and O–H groups in total. The van der Waals surface area contributed by atoms with E-state index < -0.39 is 16.5 Å². The minimum Gasteiger partial charge on any atom is -0.396 e. The third-order valence-electron chi connectivity index (χ3n) is 3.55. The second-order valence-electron chi connectivity index (χ2n) is 5.39. The van der Waals surface area contributed by atoms with Crippen molar-refractivity contribution in [2.45, 2.75) is 37.2 Å². The molecule has 1 unspecified atom stereocenters. The first-order valence-corrected chi connectivity index (χ1v) is 7.89. The van der Waals surface area contributed by atoms with Crippen LogP contribution in [0.3, 0.4) is 0 Å². The molecule has 23 heavy (non-hydrogen) atoms. The van der Waals surface area contributed by atoms with Gasteiger partial charge >= 0.3 is 6.18 Å². The molecule has 8 heteroatoms. The van der Waals surface area contributed by atoms with E-state index in [1.807, 2.05) is 0 Å². The van der Waals surface area contributed by atoms with E-state index in [-0.39, 0.29) is 24.6 Å². The van der Waals surface area contributed by atoms with Gasteiger partial charge in [-0.3, -0.25) is 9.79 Å². The Labute approximate surface area is 136 Å². The quantitative estimate of drug-likeness (QED) is 0.862. The van der Waals surface area contributed by atoms with Gasteiger partial charge in [-0.05, 0) is 31.4 Å². The van der Waals surface area contributed by atoms with Gasteiger partial charge in [0.2, 0.25) is 5.91 Å². The zero-order chi connectivity index (χ0) is 17.1. The fourth-order valence-electron chi connectivity index (χ4n) is 2.26. The number of hydrogen-bond acceptors (Lipinski definition) is 4. The predicted octanol–water partition coefficient (Wildman–Crippen LogP) is 2.96. The van der Waals surface area contributed by atoms with Crippen LogP contribution in [0.25, 0.3) is 0 Å². The van der Waals surface area contributed by atoms with Gasteiger partial charge in [0.25, 0.3) is 0 Å². The summed E-state index contributed by atoms with van der Waals surface area (Å²) in [6.45, 7) is 1.55. The first-order valence-electron chi connectivity index (χ1n) is 7.07. The van der Waals surface area contributed by atoms with Crippen molar-refractivity contribution in [1.82, 2.24) is 5.32 Å². The average molecular weight is 346 g/mol. The molecule has 126 valence electrons. The molecule has 1 aromatic rings. The molecule has 0 bridgehead atoms. The number of hydrogen-bond donors (Lipinski definition) is 2. The summed E-state index contributed by atoms with van der Waals surface area (Å²) in [6, 6.07) is 5.24. The molecule has 1 aliphatic rings. The summed E-state index contributed by atoms with van der Waals surface area (Å²) in [5, 5.41) is 11.8. The first-order chi connectivity index (χ1) is 10.8. The highest BCUT2D eigenvalue weighted by atomic mass is 32.2. The van der Waals surface area contributed by atoms with E-state index in [1.165, 1.54) is 30.0 Å². The number of halogens is 3. The zero-order valence-electron chi connectivity index (χ0n) is 12.5. The van der Waals surface area contributed by atoms with Crippen molar-refractivity contribution < 1.29 is 23.1 Å². The summed E-state index contributed by atoms with van der Waals surface area (Å²) in [5.41, 5.74) is -0.659. The second-order valence-corrected chi connectivity index (χ2v) is 6.88. The standard InChI is InChI=1S/C15H17F3N2O2S/c1-14(7-4-8-21)12(22)20-13(23-14)19-9-10-5-2-3-6-11(10)15(16,17)18/h2-3,5-6,21H,4,7-9H2,1H3,(H,19,20,22). The first kappa shape index (κ1) is 17.8. The maximum absolute atomic E-state index is 12.9. The number of amides is 1. The van der Waals surface area contributed by atoms with E-state index in [4.69, 9.17) is 5.11 Å². The lowest BCUT2D eigenvalue weighted by Crippen LogP contribution is -2.33. The molecule has 1 saturated heterocycles. The van der Waals surface area contributed by atoms with Crippen molar-refractivity contribution in [3.8, 4) is 0 Å². The number of thioether (sulfide) groups is 1. The second kappa shape index (κ2) is 6.92. The zero-order valence-corrected chi connectivity index (χ0v) is 13.3. The van der Waals surface area contributed by atoms with E-state index in [0.717, 1.165) is 6.07 Å².